The Labute approximate surface area is 200 Å². The zero-order chi connectivity index (χ0) is 23.0. The number of nitrogens with one attached hydrogen (secondary N) is 1. The Morgan fingerprint density at radius 3 is 2.79 bits per heavy atom. The van der Waals surface area contributed by atoms with Crippen molar-refractivity contribution in [3.05, 3.63) is 59.7 Å². The van der Waals surface area contributed by atoms with Crippen LogP contribution in [0.5, 0.6) is 5.75 Å². The van der Waals surface area contributed by atoms with Crippen molar-refractivity contribution < 1.29 is 4.74 Å². The molecule has 0 amide bonds. The lowest BCUT2D eigenvalue weighted by molar-refractivity contribution is 0.292. The number of pyridine rings is 1. The molecule has 1 fully saturated rings. The molecular formula is C26H31N5OS. The van der Waals surface area contributed by atoms with Gasteiger partial charge in [0.05, 0.1) is 18.4 Å². The van der Waals surface area contributed by atoms with Gasteiger partial charge >= 0.3 is 0 Å². The average Bonchev–Trinajstić information content (AvgIpc) is 3.47. The van der Waals surface area contributed by atoms with Crippen LogP contribution in [-0.2, 0) is 6.61 Å². The first kappa shape index (κ1) is 23.3. The van der Waals surface area contributed by atoms with E-state index in [1.807, 2.05) is 48.3 Å². The van der Waals surface area contributed by atoms with E-state index in [1.54, 1.807) is 6.20 Å². The van der Waals surface area contributed by atoms with Gasteiger partial charge in [-0.1, -0.05) is 36.4 Å². The Morgan fingerprint density at radius 1 is 1.21 bits per heavy atom. The lowest BCUT2D eigenvalue weighted by atomic mass is 10.1. The second kappa shape index (κ2) is 11.4. The van der Waals surface area contributed by atoms with E-state index in [4.69, 9.17) is 4.74 Å². The molecule has 1 aliphatic rings. The third-order valence-corrected chi connectivity index (χ3v) is 6.85. The summed E-state index contributed by atoms with van der Waals surface area (Å²) >= 11 is 1.82. The Kier molecular flexibility index (Phi) is 8.03. The lowest BCUT2D eigenvalue weighted by Crippen LogP contribution is -2.22. The van der Waals surface area contributed by atoms with E-state index in [-0.39, 0.29) is 0 Å². The van der Waals surface area contributed by atoms with Crippen molar-refractivity contribution in [3.8, 4) is 23.3 Å². The molecule has 0 bridgehead atoms. The van der Waals surface area contributed by atoms with Crippen molar-refractivity contribution in [3.63, 3.8) is 0 Å². The summed E-state index contributed by atoms with van der Waals surface area (Å²) in [6, 6.07) is 10.4. The van der Waals surface area contributed by atoms with Crippen LogP contribution in [0.15, 0.2) is 47.9 Å². The molecule has 3 aromatic rings. The summed E-state index contributed by atoms with van der Waals surface area (Å²) < 4.78 is 8.19. The van der Waals surface area contributed by atoms with E-state index >= 15 is 0 Å². The van der Waals surface area contributed by atoms with Crippen LogP contribution < -0.4 is 10.1 Å². The molecular weight excluding hydrogens is 430 g/mol. The predicted molar refractivity (Wildman–Crippen MR) is 133 cm³/mol. The Hall–Kier alpha value is -2.82. The van der Waals surface area contributed by atoms with Crippen LogP contribution in [0.1, 0.15) is 56.5 Å². The van der Waals surface area contributed by atoms with Gasteiger partial charge < -0.3 is 10.1 Å². The molecule has 0 spiro atoms. The number of thioether (sulfide) groups is 1. The number of benzene rings is 1. The summed E-state index contributed by atoms with van der Waals surface area (Å²) in [5.41, 5.74) is 3.07. The highest BCUT2D eigenvalue weighted by molar-refractivity contribution is 7.99. The van der Waals surface area contributed by atoms with Crippen LogP contribution in [-0.4, -0.2) is 37.6 Å². The highest BCUT2D eigenvalue weighted by Crippen LogP contribution is 2.35. The molecule has 0 aliphatic heterocycles. The summed E-state index contributed by atoms with van der Waals surface area (Å²) in [5, 5.41) is 13.8. The molecule has 0 radical (unpaired) electrons. The van der Waals surface area contributed by atoms with Crippen molar-refractivity contribution in [2.45, 2.75) is 69.5 Å². The van der Waals surface area contributed by atoms with Crippen LogP contribution in [0.25, 0.3) is 5.69 Å². The summed E-state index contributed by atoms with van der Waals surface area (Å²) in [6.45, 7) is 7.30. The molecule has 1 aromatic carbocycles. The first-order valence-corrected chi connectivity index (χ1v) is 12.4. The lowest BCUT2D eigenvalue weighted by Gasteiger charge is -2.13. The van der Waals surface area contributed by atoms with Crippen LogP contribution in [0.2, 0.25) is 0 Å². The number of nitrogens with zero attached hydrogens (tertiary/aromatic N) is 4. The second-order valence-corrected chi connectivity index (χ2v) is 9.84. The molecule has 0 atom stereocenters. The van der Waals surface area contributed by atoms with E-state index in [9.17, 15) is 0 Å². The van der Waals surface area contributed by atoms with Crippen molar-refractivity contribution in [2.75, 3.05) is 6.54 Å². The maximum Gasteiger partial charge on any atom is 0.196 e. The van der Waals surface area contributed by atoms with Gasteiger partial charge in [0.25, 0.3) is 0 Å². The van der Waals surface area contributed by atoms with Gasteiger partial charge in [0, 0.05) is 23.1 Å². The largest absolute Gasteiger partial charge is 0.486 e. The van der Waals surface area contributed by atoms with Gasteiger partial charge in [0.15, 0.2) is 11.0 Å². The van der Waals surface area contributed by atoms with Gasteiger partial charge in [0.2, 0.25) is 0 Å². The molecule has 0 saturated heterocycles. The minimum absolute atomic E-state index is 0.329. The van der Waals surface area contributed by atoms with E-state index in [1.165, 1.54) is 25.7 Å². The number of aromatic nitrogens is 4. The Morgan fingerprint density at radius 2 is 2.06 bits per heavy atom. The topological polar surface area (TPSA) is 64.9 Å². The number of hydrogen-bond donors (Lipinski definition) is 1. The molecule has 6 nitrogen and oxygen atoms in total. The summed E-state index contributed by atoms with van der Waals surface area (Å²) in [5.74, 6) is 7.97. The molecule has 1 aliphatic carbocycles. The number of hydrogen-bond acceptors (Lipinski definition) is 6. The van der Waals surface area contributed by atoms with E-state index < -0.39 is 0 Å². The highest BCUT2D eigenvalue weighted by Gasteiger charge is 2.22. The standard InChI is InChI=1S/C26H31N5OS/c1-19(2)28-15-6-8-21-12-13-23(16-20(21)3)32-18-25-29-30-26(33-24-10-4-5-11-24)31(25)22-9-7-14-27-17-22/h7,9,12-14,16-17,19,24,28H,4-5,10-11,15,18H2,1-3H3. The van der Waals surface area contributed by atoms with Gasteiger partial charge in [0.1, 0.15) is 12.4 Å². The second-order valence-electron chi connectivity index (χ2n) is 8.57. The summed E-state index contributed by atoms with van der Waals surface area (Å²) in [7, 11) is 0. The molecule has 1 saturated carbocycles. The predicted octanol–water partition coefficient (Wildman–Crippen LogP) is 4.93. The van der Waals surface area contributed by atoms with Crippen LogP contribution in [0.4, 0.5) is 0 Å². The molecule has 2 aromatic heterocycles. The van der Waals surface area contributed by atoms with E-state index in [0.717, 1.165) is 33.5 Å². The molecule has 7 heteroatoms. The highest BCUT2D eigenvalue weighted by atomic mass is 32.2. The minimum Gasteiger partial charge on any atom is -0.486 e. The van der Waals surface area contributed by atoms with Gasteiger partial charge in [-0.15, -0.1) is 10.2 Å². The van der Waals surface area contributed by atoms with Gasteiger partial charge in [-0.3, -0.25) is 9.55 Å². The summed E-state index contributed by atoms with van der Waals surface area (Å²) in [4.78, 5) is 4.29. The molecule has 0 unspecified atom stereocenters. The molecule has 4 rings (SSSR count). The monoisotopic (exact) mass is 461 g/mol. The van der Waals surface area contributed by atoms with E-state index in [2.05, 4.69) is 57.7 Å². The fraction of sp³-hybridized carbons (Fsp3) is 0.423. The third-order valence-electron chi connectivity index (χ3n) is 5.57. The fourth-order valence-corrected chi connectivity index (χ4v) is 5.05. The smallest absolute Gasteiger partial charge is 0.196 e. The van der Waals surface area contributed by atoms with Crippen molar-refractivity contribution in [2.24, 2.45) is 0 Å². The Bertz CT molecular complexity index is 1110. The van der Waals surface area contributed by atoms with Gasteiger partial charge in [-0.25, -0.2) is 0 Å². The maximum atomic E-state index is 6.12. The fourth-order valence-electron chi connectivity index (χ4n) is 3.78. The quantitative estimate of drug-likeness (QED) is 0.480. The Balaban J connectivity index is 1.47. The van der Waals surface area contributed by atoms with Gasteiger partial charge in [-0.05, 0) is 69.5 Å². The zero-order valence-corrected chi connectivity index (χ0v) is 20.4. The van der Waals surface area contributed by atoms with Crippen molar-refractivity contribution >= 4 is 11.8 Å². The van der Waals surface area contributed by atoms with Crippen LogP contribution in [0.3, 0.4) is 0 Å². The molecule has 172 valence electrons. The average molecular weight is 462 g/mol. The minimum atomic E-state index is 0.329. The molecule has 2 heterocycles. The number of aryl methyl sites for hydroxylation is 1. The first-order chi connectivity index (χ1) is 16.1. The number of rotatable bonds is 8. The zero-order valence-electron chi connectivity index (χ0n) is 19.5. The van der Waals surface area contributed by atoms with Crippen LogP contribution >= 0.6 is 11.8 Å². The molecule has 1 N–H and O–H groups in total. The van der Waals surface area contributed by atoms with Crippen molar-refractivity contribution in [1.82, 2.24) is 25.1 Å². The maximum absolute atomic E-state index is 6.12. The molecule has 33 heavy (non-hydrogen) atoms. The first-order valence-electron chi connectivity index (χ1n) is 11.6. The summed E-state index contributed by atoms with van der Waals surface area (Å²) in [6.07, 6.45) is 8.68. The number of ether oxygens (including phenoxy) is 1. The third kappa shape index (κ3) is 6.37. The van der Waals surface area contributed by atoms with Crippen molar-refractivity contribution in [1.29, 1.82) is 0 Å². The van der Waals surface area contributed by atoms with E-state index in [0.29, 0.717) is 24.4 Å². The van der Waals surface area contributed by atoms with Gasteiger partial charge in [-0.2, -0.15) is 0 Å². The normalized spacial score (nSPS) is 13.8. The SMILES string of the molecule is Cc1cc(OCc2nnc(SC3CCCC3)n2-c2cccnc2)ccc1C#CCNC(C)C. The van der Waals surface area contributed by atoms with Crippen LogP contribution in [0, 0.1) is 18.8 Å².